The van der Waals surface area contributed by atoms with Gasteiger partial charge in [0.05, 0.1) is 5.69 Å². The Morgan fingerprint density at radius 2 is 1.80 bits per heavy atom. The van der Waals surface area contributed by atoms with Gasteiger partial charge >= 0.3 is 17.9 Å². The van der Waals surface area contributed by atoms with Crippen molar-refractivity contribution in [2.75, 3.05) is 18.1 Å². The molecule has 0 aromatic carbocycles. The highest BCUT2D eigenvalue weighted by atomic mass is 16.4. The monoisotopic (exact) mass is 286 g/mol. The topological polar surface area (TPSA) is 159 Å². The maximum atomic E-state index is 10.7. The van der Waals surface area contributed by atoms with Crippen LogP contribution in [0, 0.1) is 0 Å². The molecule has 20 heavy (non-hydrogen) atoms. The smallest absolute Gasteiger partial charge is 0.324 e. The fourth-order valence-corrected chi connectivity index (χ4v) is 1.46. The number of hydrogen-bond acceptors (Lipinski definition) is 6. The van der Waals surface area contributed by atoms with Gasteiger partial charge in [-0.3, -0.25) is 24.1 Å². The van der Waals surface area contributed by atoms with Crippen LogP contribution >= 0.6 is 0 Å². The summed E-state index contributed by atoms with van der Waals surface area (Å²) in [5, 5.41) is 27.1. The number of carboxylic acid groups (broad SMARTS) is 3. The summed E-state index contributed by atoms with van der Waals surface area (Å²) in [6.07, 6.45) is 2.50. The fourth-order valence-electron chi connectivity index (χ4n) is 1.46. The van der Waals surface area contributed by atoms with E-state index in [0.29, 0.717) is 5.69 Å². The fraction of sp³-hybridized carbons (Fsp3) is 0.400. The number of nitrogens with two attached hydrogens (primary N) is 1. The van der Waals surface area contributed by atoms with Crippen LogP contribution in [0.2, 0.25) is 0 Å². The second-order valence-electron chi connectivity index (χ2n) is 4.00. The minimum absolute atomic E-state index is 0.0453. The molecule has 0 bridgehead atoms. The molecule has 10 nitrogen and oxygen atoms in total. The quantitative estimate of drug-likeness (QED) is 0.421. The number of hydrogen-bond donors (Lipinski definition) is 4. The Kier molecular flexibility index (Phi) is 5.03. The molecule has 1 atom stereocenters. The van der Waals surface area contributed by atoms with E-state index in [4.69, 9.17) is 21.1 Å². The summed E-state index contributed by atoms with van der Waals surface area (Å²) >= 11 is 0. The van der Waals surface area contributed by atoms with Crippen molar-refractivity contribution in [1.29, 1.82) is 0 Å². The van der Waals surface area contributed by atoms with Crippen molar-refractivity contribution >= 4 is 17.9 Å². The van der Waals surface area contributed by atoms with Crippen LogP contribution in [0.15, 0.2) is 12.5 Å². The third-order valence-electron chi connectivity index (χ3n) is 2.33. The lowest BCUT2D eigenvalue weighted by molar-refractivity contribution is -0.139. The van der Waals surface area contributed by atoms with Gasteiger partial charge in [-0.1, -0.05) is 0 Å². The molecule has 0 saturated carbocycles. The first-order chi connectivity index (χ1) is 9.29. The van der Waals surface area contributed by atoms with Gasteiger partial charge in [0.15, 0.2) is 0 Å². The summed E-state index contributed by atoms with van der Waals surface area (Å²) in [5.41, 5.74) is 5.66. The molecule has 0 radical (unpaired) electrons. The van der Waals surface area contributed by atoms with E-state index in [9.17, 15) is 14.4 Å². The Balaban J connectivity index is 2.82. The summed E-state index contributed by atoms with van der Waals surface area (Å²) in [6.45, 7) is -1.07. The van der Waals surface area contributed by atoms with Crippen LogP contribution in [0.5, 0.6) is 0 Å². The molecule has 1 heterocycles. The lowest BCUT2D eigenvalue weighted by Crippen LogP contribution is -2.42. The molecule has 0 saturated heterocycles. The van der Waals surface area contributed by atoms with Gasteiger partial charge in [-0.25, -0.2) is 4.98 Å². The van der Waals surface area contributed by atoms with E-state index in [1.54, 1.807) is 0 Å². The Hall–Kier alpha value is -2.62. The molecule has 0 aliphatic heterocycles. The molecule has 0 spiro atoms. The molecular weight excluding hydrogens is 272 g/mol. The molecule has 1 aromatic heterocycles. The van der Waals surface area contributed by atoms with Crippen molar-refractivity contribution in [3.63, 3.8) is 0 Å². The lowest BCUT2D eigenvalue weighted by atomic mass is 10.2. The number of carbonyl (C=O) groups is 3. The van der Waals surface area contributed by atoms with Gasteiger partial charge in [0.1, 0.15) is 25.5 Å². The molecule has 1 aromatic rings. The lowest BCUT2D eigenvalue weighted by Gasteiger charge is -2.20. The summed E-state index contributed by atoms with van der Waals surface area (Å²) in [7, 11) is 0. The van der Waals surface area contributed by atoms with Gasteiger partial charge in [0.2, 0.25) is 0 Å². The van der Waals surface area contributed by atoms with E-state index in [2.05, 4.69) is 4.98 Å². The highest BCUT2D eigenvalue weighted by Gasteiger charge is 2.17. The number of nitrogens with zero attached hydrogens (tertiary/aromatic N) is 3. The molecule has 0 fully saturated rings. The normalized spacial score (nSPS) is 11.8. The zero-order valence-electron chi connectivity index (χ0n) is 10.3. The molecule has 110 valence electrons. The average Bonchev–Trinajstić information content (AvgIpc) is 2.75. The van der Waals surface area contributed by atoms with Crippen molar-refractivity contribution in [2.45, 2.75) is 12.5 Å². The second kappa shape index (κ2) is 6.52. The molecule has 0 aliphatic rings. The summed E-state index contributed by atoms with van der Waals surface area (Å²) in [4.78, 5) is 35.8. The third-order valence-corrected chi connectivity index (χ3v) is 2.33. The van der Waals surface area contributed by atoms with Crippen LogP contribution in [0.4, 0.5) is 0 Å². The van der Waals surface area contributed by atoms with Crippen LogP contribution in [0.3, 0.4) is 0 Å². The van der Waals surface area contributed by atoms with Crippen molar-refractivity contribution in [3.05, 3.63) is 18.2 Å². The van der Waals surface area contributed by atoms with Crippen molar-refractivity contribution < 1.29 is 29.7 Å². The zero-order valence-corrected chi connectivity index (χ0v) is 10.3. The number of imidazole rings is 1. The van der Waals surface area contributed by atoms with E-state index in [-0.39, 0.29) is 6.42 Å². The van der Waals surface area contributed by atoms with Crippen LogP contribution in [-0.2, 0) is 20.8 Å². The zero-order chi connectivity index (χ0) is 15.3. The summed E-state index contributed by atoms with van der Waals surface area (Å²) < 4.78 is 1.19. The van der Waals surface area contributed by atoms with Crippen LogP contribution in [0.1, 0.15) is 5.69 Å². The SMILES string of the molecule is N[C@@H](Cc1cn(N(CC(=O)O)CC(=O)O)cn1)C(=O)O. The highest BCUT2D eigenvalue weighted by Crippen LogP contribution is 2.01. The Bertz CT molecular complexity index is 498. The minimum atomic E-state index is -1.20. The number of rotatable bonds is 8. The van der Waals surface area contributed by atoms with Gasteiger partial charge in [0.25, 0.3) is 0 Å². The summed E-state index contributed by atoms with van der Waals surface area (Å²) in [6, 6.07) is -1.13. The Labute approximate surface area is 113 Å². The standard InChI is InChI=1S/C10H14N4O6/c11-7(10(19)20)1-6-2-14(5-12-6)13(3-8(15)16)4-9(17)18/h2,5,7H,1,3-4,11H2,(H,15,16)(H,17,18)(H,19,20)/t7-/m0/s1. The van der Waals surface area contributed by atoms with Crippen LogP contribution in [-0.4, -0.2) is 62.0 Å². The first-order valence-electron chi connectivity index (χ1n) is 5.49. The molecule has 0 unspecified atom stereocenters. The van der Waals surface area contributed by atoms with Gasteiger partial charge < -0.3 is 21.1 Å². The van der Waals surface area contributed by atoms with E-state index in [1.165, 1.54) is 17.2 Å². The first-order valence-corrected chi connectivity index (χ1v) is 5.49. The summed E-state index contributed by atoms with van der Waals surface area (Å²) in [5.74, 6) is -3.60. The van der Waals surface area contributed by atoms with Crippen molar-refractivity contribution in [2.24, 2.45) is 5.73 Å². The predicted octanol–water partition coefficient (Wildman–Crippen LogP) is -2.06. The van der Waals surface area contributed by atoms with E-state index in [0.717, 1.165) is 5.01 Å². The minimum Gasteiger partial charge on any atom is -0.480 e. The molecule has 10 heteroatoms. The number of aliphatic carboxylic acids is 3. The Morgan fingerprint density at radius 3 is 2.25 bits per heavy atom. The van der Waals surface area contributed by atoms with E-state index in [1.807, 2.05) is 0 Å². The predicted molar refractivity (Wildman–Crippen MR) is 64.8 cm³/mol. The average molecular weight is 286 g/mol. The maximum Gasteiger partial charge on any atom is 0.324 e. The maximum absolute atomic E-state index is 10.7. The van der Waals surface area contributed by atoms with Gasteiger partial charge in [-0.15, -0.1) is 0 Å². The van der Waals surface area contributed by atoms with E-state index < -0.39 is 37.0 Å². The molecular formula is C10H14N4O6. The van der Waals surface area contributed by atoms with Crippen LogP contribution in [0.25, 0.3) is 0 Å². The largest absolute Gasteiger partial charge is 0.480 e. The molecule has 5 N–H and O–H groups in total. The van der Waals surface area contributed by atoms with Gasteiger partial charge in [-0.2, -0.15) is 0 Å². The molecule has 0 aliphatic carbocycles. The number of aromatic nitrogens is 2. The van der Waals surface area contributed by atoms with Crippen molar-refractivity contribution in [1.82, 2.24) is 9.66 Å². The van der Waals surface area contributed by atoms with E-state index >= 15 is 0 Å². The highest BCUT2D eigenvalue weighted by molar-refractivity contribution is 5.75. The van der Waals surface area contributed by atoms with Gasteiger partial charge in [0, 0.05) is 12.6 Å². The second-order valence-corrected chi connectivity index (χ2v) is 4.00. The van der Waals surface area contributed by atoms with Crippen LogP contribution < -0.4 is 10.7 Å². The number of carboxylic acids is 3. The first kappa shape index (κ1) is 15.4. The Morgan fingerprint density at radius 1 is 1.25 bits per heavy atom. The van der Waals surface area contributed by atoms with Crippen molar-refractivity contribution in [3.8, 4) is 0 Å². The molecule has 0 amide bonds. The third kappa shape index (κ3) is 4.57. The van der Waals surface area contributed by atoms with Gasteiger partial charge in [-0.05, 0) is 0 Å². The molecule has 1 rings (SSSR count).